The van der Waals surface area contributed by atoms with Crippen LogP contribution < -0.4 is 10.1 Å². The van der Waals surface area contributed by atoms with Crippen molar-refractivity contribution in [3.05, 3.63) is 18.1 Å². The van der Waals surface area contributed by atoms with Crippen LogP contribution in [0.5, 0.6) is 5.88 Å². The number of ether oxygens (including phenoxy) is 1. The van der Waals surface area contributed by atoms with E-state index in [-0.39, 0.29) is 11.8 Å². The Bertz CT molecular complexity index is 367. The van der Waals surface area contributed by atoms with Crippen LogP contribution in [0.15, 0.2) is 12.4 Å². The van der Waals surface area contributed by atoms with Gasteiger partial charge in [-0.3, -0.25) is 4.79 Å². The van der Waals surface area contributed by atoms with Gasteiger partial charge in [0.05, 0.1) is 6.61 Å². The van der Waals surface area contributed by atoms with Gasteiger partial charge in [0.1, 0.15) is 6.33 Å². The summed E-state index contributed by atoms with van der Waals surface area (Å²) in [6.45, 7) is 3.10. The lowest BCUT2D eigenvalue weighted by Crippen LogP contribution is -2.17. The van der Waals surface area contributed by atoms with Crippen molar-refractivity contribution in [2.45, 2.75) is 13.3 Å². The molecule has 0 saturated carbocycles. The quantitative estimate of drug-likeness (QED) is 0.774. The molecule has 5 nitrogen and oxygen atoms in total. The number of aryl methyl sites for hydroxylation is 1. The van der Waals surface area contributed by atoms with E-state index < -0.39 is 0 Å². The van der Waals surface area contributed by atoms with Crippen LogP contribution in [0, 0.1) is 12.8 Å². The number of hydrogen-bond acceptors (Lipinski definition) is 4. The first-order valence-corrected chi connectivity index (χ1v) is 4.92. The molecular weight excluding hydrogens is 194 g/mol. The SMILES string of the molecule is Cc1cc(OCC2CNC(=O)C2)ncn1. The predicted octanol–water partition coefficient (Wildman–Crippen LogP) is 0.300. The van der Waals surface area contributed by atoms with Crippen molar-refractivity contribution in [2.75, 3.05) is 13.2 Å². The average molecular weight is 207 g/mol. The van der Waals surface area contributed by atoms with Crippen LogP contribution in [0.4, 0.5) is 0 Å². The van der Waals surface area contributed by atoms with Crippen molar-refractivity contribution < 1.29 is 9.53 Å². The highest BCUT2D eigenvalue weighted by Crippen LogP contribution is 2.12. The van der Waals surface area contributed by atoms with Gasteiger partial charge in [0, 0.05) is 30.6 Å². The van der Waals surface area contributed by atoms with Crippen molar-refractivity contribution in [1.29, 1.82) is 0 Å². The number of carbonyl (C=O) groups excluding carboxylic acids is 1. The van der Waals surface area contributed by atoms with E-state index in [1.165, 1.54) is 6.33 Å². The zero-order chi connectivity index (χ0) is 10.7. The molecule has 1 aliphatic heterocycles. The second kappa shape index (κ2) is 4.25. The van der Waals surface area contributed by atoms with Crippen LogP contribution in [-0.2, 0) is 4.79 Å². The highest BCUT2D eigenvalue weighted by atomic mass is 16.5. The summed E-state index contributed by atoms with van der Waals surface area (Å²) in [7, 11) is 0. The summed E-state index contributed by atoms with van der Waals surface area (Å²) in [4.78, 5) is 18.9. The minimum atomic E-state index is 0.0995. The minimum Gasteiger partial charge on any atom is -0.477 e. The van der Waals surface area contributed by atoms with Gasteiger partial charge < -0.3 is 10.1 Å². The van der Waals surface area contributed by atoms with Gasteiger partial charge >= 0.3 is 0 Å². The van der Waals surface area contributed by atoms with E-state index in [9.17, 15) is 4.79 Å². The maximum atomic E-state index is 10.9. The van der Waals surface area contributed by atoms with Crippen molar-refractivity contribution in [3.63, 3.8) is 0 Å². The Labute approximate surface area is 87.9 Å². The molecule has 0 aliphatic carbocycles. The second-order valence-electron chi connectivity index (χ2n) is 3.68. The zero-order valence-electron chi connectivity index (χ0n) is 8.56. The largest absolute Gasteiger partial charge is 0.477 e. The summed E-state index contributed by atoms with van der Waals surface area (Å²) < 4.78 is 5.48. The molecule has 2 heterocycles. The lowest BCUT2D eigenvalue weighted by Gasteiger charge is -2.08. The third-order valence-corrected chi connectivity index (χ3v) is 2.31. The van der Waals surface area contributed by atoms with Gasteiger partial charge in [-0.25, -0.2) is 9.97 Å². The first kappa shape index (κ1) is 9.89. The summed E-state index contributed by atoms with van der Waals surface area (Å²) in [5.41, 5.74) is 0.876. The molecule has 1 aromatic heterocycles. The van der Waals surface area contributed by atoms with E-state index in [0.717, 1.165) is 5.69 Å². The standard InChI is InChI=1S/C10H13N3O2/c1-7-2-10(13-6-12-7)15-5-8-3-9(14)11-4-8/h2,6,8H,3-5H2,1H3,(H,11,14). The fraction of sp³-hybridized carbons (Fsp3) is 0.500. The number of rotatable bonds is 3. The van der Waals surface area contributed by atoms with Gasteiger partial charge in [-0.05, 0) is 6.92 Å². The van der Waals surface area contributed by atoms with Crippen molar-refractivity contribution in [3.8, 4) is 5.88 Å². The summed E-state index contributed by atoms with van der Waals surface area (Å²) in [5, 5.41) is 2.77. The minimum absolute atomic E-state index is 0.0995. The Hall–Kier alpha value is -1.65. The molecule has 1 amide bonds. The lowest BCUT2D eigenvalue weighted by atomic mass is 10.1. The van der Waals surface area contributed by atoms with Crippen LogP contribution in [0.1, 0.15) is 12.1 Å². The molecule has 1 atom stereocenters. The van der Waals surface area contributed by atoms with E-state index in [0.29, 0.717) is 25.5 Å². The maximum absolute atomic E-state index is 10.9. The maximum Gasteiger partial charge on any atom is 0.220 e. The molecule has 5 heteroatoms. The van der Waals surface area contributed by atoms with Gasteiger partial charge in [0.25, 0.3) is 0 Å². The molecule has 15 heavy (non-hydrogen) atoms. The molecule has 0 aromatic carbocycles. The molecule has 2 rings (SSSR count). The Morgan fingerprint density at radius 1 is 1.60 bits per heavy atom. The first-order valence-electron chi connectivity index (χ1n) is 4.92. The molecule has 0 radical (unpaired) electrons. The van der Waals surface area contributed by atoms with E-state index in [2.05, 4.69) is 15.3 Å². The fourth-order valence-electron chi connectivity index (χ4n) is 1.49. The van der Waals surface area contributed by atoms with Crippen LogP contribution in [-0.4, -0.2) is 29.0 Å². The Morgan fingerprint density at radius 3 is 3.13 bits per heavy atom. The Kier molecular flexibility index (Phi) is 2.80. The molecule has 0 spiro atoms. The first-order chi connectivity index (χ1) is 7.24. The van der Waals surface area contributed by atoms with Crippen molar-refractivity contribution in [2.24, 2.45) is 5.92 Å². The van der Waals surface area contributed by atoms with Gasteiger partial charge in [-0.15, -0.1) is 0 Å². The molecule has 1 fully saturated rings. The van der Waals surface area contributed by atoms with Crippen LogP contribution >= 0.6 is 0 Å². The summed E-state index contributed by atoms with van der Waals surface area (Å²) >= 11 is 0. The van der Waals surface area contributed by atoms with E-state index >= 15 is 0 Å². The number of amides is 1. The molecule has 1 unspecified atom stereocenters. The molecule has 1 saturated heterocycles. The predicted molar refractivity (Wildman–Crippen MR) is 53.4 cm³/mol. The van der Waals surface area contributed by atoms with Crippen LogP contribution in [0.25, 0.3) is 0 Å². The van der Waals surface area contributed by atoms with Crippen molar-refractivity contribution in [1.82, 2.24) is 15.3 Å². The third kappa shape index (κ3) is 2.65. The molecule has 80 valence electrons. The highest BCUT2D eigenvalue weighted by Gasteiger charge is 2.21. The van der Waals surface area contributed by atoms with E-state index in [1.54, 1.807) is 6.07 Å². The molecule has 1 N–H and O–H groups in total. The van der Waals surface area contributed by atoms with Gasteiger partial charge in [0.15, 0.2) is 0 Å². The smallest absolute Gasteiger partial charge is 0.220 e. The summed E-state index contributed by atoms with van der Waals surface area (Å²) in [6.07, 6.45) is 2.02. The zero-order valence-corrected chi connectivity index (χ0v) is 8.56. The molecule has 1 aromatic rings. The molecule has 0 bridgehead atoms. The number of hydrogen-bond donors (Lipinski definition) is 1. The third-order valence-electron chi connectivity index (χ3n) is 2.31. The van der Waals surface area contributed by atoms with Crippen LogP contribution in [0.2, 0.25) is 0 Å². The van der Waals surface area contributed by atoms with E-state index in [4.69, 9.17) is 4.74 Å². The summed E-state index contributed by atoms with van der Waals surface area (Å²) in [5.74, 6) is 0.928. The highest BCUT2D eigenvalue weighted by molar-refractivity contribution is 5.78. The van der Waals surface area contributed by atoms with Gasteiger partial charge in [-0.1, -0.05) is 0 Å². The monoisotopic (exact) mass is 207 g/mol. The normalized spacial score (nSPS) is 20.1. The number of nitrogens with one attached hydrogen (secondary N) is 1. The second-order valence-corrected chi connectivity index (χ2v) is 3.68. The lowest BCUT2D eigenvalue weighted by molar-refractivity contribution is -0.119. The number of nitrogens with zero attached hydrogens (tertiary/aromatic N) is 2. The Morgan fingerprint density at radius 2 is 2.47 bits per heavy atom. The number of carbonyl (C=O) groups is 1. The average Bonchev–Trinajstić information content (AvgIpc) is 2.62. The van der Waals surface area contributed by atoms with E-state index in [1.807, 2.05) is 6.92 Å². The molecule has 1 aliphatic rings. The fourth-order valence-corrected chi connectivity index (χ4v) is 1.49. The topological polar surface area (TPSA) is 64.1 Å². The van der Waals surface area contributed by atoms with Crippen molar-refractivity contribution >= 4 is 5.91 Å². The van der Waals surface area contributed by atoms with Gasteiger partial charge in [-0.2, -0.15) is 0 Å². The number of aromatic nitrogens is 2. The van der Waals surface area contributed by atoms with Crippen LogP contribution in [0.3, 0.4) is 0 Å². The molecular formula is C10H13N3O2. The Balaban J connectivity index is 1.85. The van der Waals surface area contributed by atoms with Gasteiger partial charge in [0.2, 0.25) is 11.8 Å². The summed E-state index contributed by atoms with van der Waals surface area (Å²) in [6, 6.07) is 1.78.